The van der Waals surface area contributed by atoms with Crippen LogP contribution in [0.15, 0.2) is 107 Å². The van der Waals surface area contributed by atoms with Gasteiger partial charge in [0.1, 0.15) is 24.7 Å². The Morgan fingerprint density at radius 2 is 0.972 bits per heavy atom. The third-order valence-electron chi connectivity index (χ3n) is 11.4. The minimum atomic E-state index is -1.64. The summed E-state index contributed by atoms with van der Waals surface area (Å²) in [6.07, 6.45) is 2.11. The highest BCUT2D eigenvalue weighted by Gasteiger charge is 2.27. The largest absolute Gasteiger partial charge is 0.493 e. The molecule has 2 aliphatic heterocycles. The van der Waals surface area contributed by atoms with Crippen LogP contribution in [0.2, 0.25) is 0 Å². The number of halogens is 6. The number of nitrogens with two attached hydrogens (primary N) is 1. The first kappa shape index (κ1) is 51.0. The first-order valence-corrected chi connectivity index (χ1v) is 21.6. The van der Waals surface area contributed by atoms with Crippen molar-refractivity contribution >= 4 is 46.6 Å². The summed E-state index contributed by atoms with van der Waals surface area (Å²) in [6, 6.07) is 17.9. The zero-order valence-electron chi connectivity index (χ0n) is 37.3. The molecule has 16 nitrogen and oxygen atoms in total. The van der Waals surface area contributed by atoms with Gasteiger partial charge in [0, 0.05) is 48.7 Å². The molecule has 2 atom stereocenters. The molecule has 4 heterocycles. The minimum Gasteiger partial charge on any atom is -0.493 e. The van der Waals surface area contributed by atoms with Gasteiger partial charge in [-0.15, -0.1) is 0 Å². The second kappa shape index (κ2) is 21.9. The fourth-order valence-electron chi connectivity index (χ4n) is 7.63. The van der Waals surface area contributed by atoms with Gasteiger partial charge in [-0.2, -0.15) is 0 Å². The number of rotatable bonds is 18. The highest BCUT2D eigenvalue weighted by molar-refractivity contribution is 6.00. The fraction of sp³-hybridized carbons (Fsp3) is 0.200. The Labute approximate surface area is 402 Å². The zero-order chi connectivity index (χ0) is 52.0. The number of ketones is 2. The number of fused-ring (bicyclic) bond motifs is 2. The van der Waals surface area contributed by atoms with E-state index in [9.17, 15) is 69.8 Å². The van der Waals surface area contributed by atoms with Crippen molar-refractivity contribution < 1.29 is 69.7 Å². The lowest BCUT2D eigenvalue weighted by atomic mass is 9.99. The topological polar surface area (TPSA) is 235 Å². The average Bonchev–Trinajstić information content (AvgIpc) is 3.90. The van der Waals surface area contributed by atoms with Crippen LogP contribution in [-0.4, -0.2) is 62.7 Å². The standard InChI is InChI=1S/C25H20F3N3O5.C25H19F3N2O6/c26-18-6-13(7-19(27)23(18)28)11-31-5-1-2-17(25(31)35)21(32)8-15(24(29)34)12-36-16-4-3-14-9-22(33)30-20(14)10-16;26-18-6-13(7-19(27)23(18)28)11-30-5-1-2-17(24(30)33)21(31)8-15(25(34)35)12-36-16-4-3-14-9-22(32)29-20(14)10-16/h1-7,10,15H,8-9,11-12H2,(H2,29,34)(H,30,33);1-7,10,15H,8-9,11-12H2,(H,29,32)(H,34,35)/t2*15-/m00/s1. The molecule has 2 aliphatic rings. The van der Waals surface area contributed by atoms with E-state index >= 15 is 0 Å². The number of nitrogens with one attached hydrogen (secondary N) is 2. The quantitative estimate of drug-likeness (QED) is 0.0462. The predicted octanol–water partition coefficient (Wildman–Crippen LogP) is 5.72. The summed E-state index contributed by atoms with van der Waals surface area (Å²) in [7, 11) is 0. The Kier molecular flexibility index (Phi) is 15.5. The number of primary amides is 1. The van der Waals surface area contributed by atoms with E-state index in [1.165, 1.54) is 36.7 Å². The first-order chi connectivity index (χ1) is 34.2. The van der Waals surface area contributed by atoms with E-state index in [2.05, 4.69) is 10.6 Å². The second-order valence-electron chi connectivity index (χ2n) is 16.6. The second-order valence-corrected chi connectivity index (χ2v) is 16.6. The van der Waals surface area contributed by atoms with Gasteiger partial charge in [-0.3, -0.25) is 38.4 Å². The zero-order valence-corrected chi connectivity index (χ0v) is 37.3. The summed E-state index contributed by atoms with van der Waals surface area (Å²) in [5, 5.41) is 14.9. The number of ether oxygens (including phenoxy) is 2. The molecule has 0 saturated heterocycles. The third kappa shape index (κ3) is 12.1. The molecule has 0 spiro atoms. The Bertz CT molecular complexity index is 3040. The van der Waals surface area contributed by atoms with Crippen LogP contribution in [0.5, 0.6) is 11.5 Å². The van der Waals surface area contributed by atoms with Gasteiger partial charge in [-0.25, -0.2) is 26.3 Å². The number of aromatic nitrogens is 2. The lowest BCUT2D eigenvalue weighted by molar-refractivity contribution is -0.142. The number of carbonyl (C=O) groups excluding carboxylic acids is 5. The summed E-state index contributed by atoms with van der Waals surface area (Å²) in [5.41, 5.74) is 5.98. The van der Waals surface area contributed by atoms with Gasteiger partial charge in [0.15, 0.2) is 46.5 Å². The van der Waals surface area contributed by atoms with E-state index in [1.807, 2.05) is 0 Å². The molecular weight excluding hydrogens is 961 g/mol. The number of carbonyl (C=O) groups is 6. The Morgan fingerprint density at radius 1 is 0.583 bits per heavy atom. The third-order valence-corrected chi connectivity index (χ3v) is 11.4. The lowest BCUT2D eigenvalue weighted by Crippen LogP contribution is -2.33. The average molecular weight is 1000 g/mol. The van der Waals surface area contributed by atoms with Crippen molar-refractivity contribution in [3.05, 3.63) is 186 Å². The van der Waals surface area contributed by atoms with Crippen LogP contribution >= 0.6 is 0 Å². The molecule has 72 heavy (non-hydrogen) atoms. The summed E-state index contributed by atoms with van der Waals surface area (Å²) in [4.78, 5) is 97.9. The summed E-state index contributed by atoms with van der Waals surface area (Å²) in [5.74, 6) is -14.5. The summed E-state index contributed by atoms with van der Waals surface area (Å²) < 4.78 is 93.6. The van der Waals surface area contributed by atoms with Crippen LogP contribution in [0, 0.1) is 46.7 Å². The number of nitrogens with zero attached hydrogens (tertiary/aromatic N) is 2. The van der Waals surface area contributed by atoms with Crippen LogP contribution in [-0.2, 0) is 45.1 Å². The Morgan fingerprint density at radius 3 is 1.36 bits per heavy atom. The highest BCUT2D eigenvalue weighted by atomic mass is 19.2. The van der Waals surface area contributed by atoms with Crippen molar-refractivity contribution in [1.29, 1.82) is 0 Å². The molecule has 6 aromatic rings. The van der Waals surface area contributed by atoms with E-state index in [0.29, 0.717) is 22.9 Å². The van der Waals surface area contributed by atoms with Crippen molar-refractivity contribution in [3.63, 3.8) is 0 Å². The molecule has 0 unspecified atom stereocenters. The predicted molar refractivity (Wildman–Crippen MR) is 242 cm³/mol. The van der Waals surface area contributed by atoms with Crippen LogP contribution in [0.3, 0.4) is 0 Å². The minimum absolute atomic E-state index is 0.0213. The Hall–Kier alpha value is -8.82. The van der Waals surface area contributed by atoms with Crippen molar-refractivity contribution in [2.24, 2.45) is 17.6 Å². The van der Waals surface area contributed by atoms with E-state index in [0.717, 1.165) is 44.5 Å². The lowest BCUT2D eigenvalue weighted by Gasteiger charge is -2.15. The number of hydrogen-bond acceptors (Lipinski definition) is 10. The molecule has 3 amide bonds. The smallest absolute Gasteiger partial charge is 0.310 e. The molecule has 8 rings (SSSR count). The maximum Gasteiger partial charge on any atom is 0.310 e. The first-order valence-electron chi connectivity index (χ1n) is 21.6. The van der Waals surface area contributed by atoms with Crippen LogP contribution in [0.4, 0.5) is 37.7 Å². The Balaban J connectivity index is 0.000000211. The molecular formula is C50H39F6N5O11. The number of aliphatic carboxylic acids is 1. The normalized spacial score (nSPS) is 13.1. The maximum atomic E-state index is 13.5. The number of pyridine rings is 2. The number of carboxylic acids is 1. The summed E-state index contributed by atoms with van der Waals surface area (Å²) >= 11 is 0. The fourth-order valence-corrected chi connectivity index (χ4v) is 7.63. The molecule has 0 aliphatic carbocycles. The number of carboxylic acid groups (broad SMARTS) is 1. The van der Waals surface area contributed by atoms with Gasteiger partial charge in [-0.05, 0) is 82.9 Å². The van der Waals surface area contributed by atoms with Gasteiger partial charge < -0.3 is 40.1 Å². The van der Waals surface area contributed by atoms with Crippen molar-refractivity contribution in [3.8, 4) is 11.5 Å². The van der Waals surface area contributed by atoms with Gasteiger partial charge in [0.05, 0.1) is 48.9 Å². The SMILES string of the molecule is NC(=O)[C@H](COc1ccc2c(c1)NC(=O)C2)CC(=O)c1cccn(Cc2cc(F)c(F)c(F)c2)c1=O.O=C1Cc2ccc(OC[C@H](CC(=O)c3cccn(Cc4cc(F)c(F)c(F)c4)c3=O)C(=O)O)cc2N1. The van der Waals surface area contributed by atoms with Crippen molar-refractivity contribution in [2.45, 2.75) is 38.8 Å². The van der Waals surface area contributed by atoms with Crippen molar-refractivity contribution in [1.82, 2.24) is 9.13 Å². The number of hydrogen-bond donors (Lipinski definition) is 4. The number of amides is 3. The monoisotopic (exact) mass is 999 g/mol. The molecule has 2 aromatic heterocycles. The molecule has 22 heteroatoms. The summed E-state index contributed by atoms with van der Waals surface area (Å²) in [6.45, 7) is -1.27. The molecule has 5 N–H and O–H groups in total. The molecule has 4 aromatic carbocycles. The van der Waals surface area contributed by atoms with E-state index in [4.69, 9.17) is 15.2 Å². The van der Waals surface area contributed by atoms with Crippen LogP contribution in [0.1, 0.15) is 55.8 Å². The number of Topliss-reactive ketones (excluding diaryl/α,β-unsaturated/α-hetero) is 2. The molecule has 0 bridgehead atoms. The van der Waals surface area contributed by atoms with E-state index in [-0.39, 0.29) is 73.2 Å². The number of benzene rings is 4. The molecule has 0 fully saturated rings. The van der Waals surface area contributed by atoms with Crippen molar-refractivity contribution in [2.75, 3.05) is 23.8 Å². The maximum absolute atomic E-state index is 13.5. The molecule has 0 saturated carbocycles. The van der Waals surface area contributed by atoms with Gasteiger partial charge >= 0.3 is 5.97 Å². The van der Waals surface area contributed by atoms with Gasteiger partial charge in [-0.1, -0.05) is 12.1 Å². The highest BCUT2D eigenvalue weighted by Crippen LogP contribution is 2.29. The molecule has 372 valence electrons. The van der Waals surface area contributed by atoms with Gasteiger partial charge in [0.25, 0.3) is 11.1 Å². The molecule has 0 radical (unpaired) electrons. The van der Waals surface area contributed by atoms with E-state index < -0.39 is 94.1 Å². The van der Waals surface area contributed by atoms with Crippen LogP contribution in [0.25, 0.3) is 0 Å². The van der Waals surface area contributed by atoms with Crippen LogP contribution < -0.4 is 37.0 Å². The van der Waals surface area contributed by atoms with Gasteiger partial charge in [0.2, 0.25) is 17.7 Å². The van der Waals surface area contributed by atoms with E-state index in [1.54, 1.807) is 36.4 Å². The number of anilines is 2.